The second-order valence-electron chi connectivity index (χ2n) is 9.35. The molecule has 2 heterocycles. The van der Waals surface area contributed by atoms with E-state index in [0.717, 1.165) is 38.0 Å². The highest BCUT2D eigenvalue weighted by Gasteiger charge is 2.23. The first kappa shape index (κ1) is 24.0. The van der Waals surface area contributed by atoms with Crippen LogP contribution in [-0.4, -0.2) is 46.3 Å². The monoisotopic (exact) mass is 487 g/mol. The standard InChI is InChI=1S/C29H30FN3O3/c1-3-32-14-6-7-19(17-32)18-33-28(22-8-4-5-9-27(22)36-2)31-25-13-11-20(15-23(25)29(33)35)21-10-12-24(30)26(34)16-21/h4-5,8-13,15-16,19,34H,3,6-7,14,17-18H2,1-2H3. The molecule has 5 rings (SSSR count). The van der Waals surface area contributed by atoms with Crippen LogP contribution in [0.2, 0.25) is 0 Å². The molecule has 1 atom stereocenters. The molecular weight excluding hydrogens is 457 g/mol. The van der Waals surface area contributed by atoms with Crippen LogP contribution < -0.4 is 10.3 Å². The van der Waals surface area contributed by atoms with Gasteiger partial charge in [0.1, 0.15) is 11.6 Å². The molecular formula is C29H30FN3O3. The maximum Gasteiger partial charge on any atom is 0.261 e. The molecule has 0 bridgehead atoms. The van der Waals surface area contributed by atoms with Crippen molar-refractivity contribution in [3.8, 4) is 34.0 Å². The summed E-state index contributed by atoms with van der Waals surface area (Å²) in [6.45, 7) is 5.76. The van der Waals surface area contributed by atoms with Crippen LogP contribution in [0.4, 0.5) is 4.39 Å². The number of likely N-dealkylation sites (tertiary alicyclic amines) is 1. The lowest BCUT2D eigenvalue weighted by Gasteiger charge is -2.32. The molecule has 1 saturated heterocycles. The molecule has 186 valence electrons. The van der Waals surface area contributed by atoms with Crippen LogP contribution in [0.5, 0.6) is 11.5 Å². The maximum absolute atomic E-state index is 14.0. The highest BCUT2D eigenvalue weighted by atomic mass is 19.1. The van der Waals surface area contributed by atoms with Gasteiger partial charge < -0.3 is 14.7 Å². The van der Waals surface area contributed by atoms with Crippen LogP contribution in [0, 0.1) is 11.7 Å². The zero-order chi connectivity index (χ0) is 25.2. The van der Waals surface area contributed by atoms with E-state index < -0.39 is 11.6 Å². The number of ether oxygens (including phenoxy) is 1. The topological polar surface area (TPSA) is 67.6 Å². The predicted molar refractivity (Wildman–Crippen MR) is 140 cm³/mol. The van der Waals surface area contributed by atoms with E-state index in [-0.39, 0.29) is 5.56 Å². The Kier molecular flexibility index (Phi) is 6.74. The lowest BCUT2D eigenvalue weighted by Crippen LogP contribution is -2.38. The molecule has 4 aromatic rings. The molecule has 0 saturated carbocycles. The van der Waals surface area contributed by atoms with Crippen molar-refractivity contribution in [2.75, 3.05) is 26.7 Å². The SMILES string of the molecule is CCN1CCCC(Cn2c(-c3ccccc3OC)nc3ccc(-c4ccc(F)c(O)c4)cc3c2=O)C1. The van der Waals surface area contributed by atoms with Gasteiger partial charge in [0.2, 0.25) is 0 Å². The van der Waals surface area contributed by atoms with E-state index in [1.54, 1.807) is 29.9 Å². The van der Waals surface area contributed by atoms with E-state index in [1.165, 1.54) is 12.1 Å². The number of para-hydroxylation sites is 1. The number of phenolic OH excluding ortho intramolecular Hbond substituents is 1. The molecule has 36 heavy (non-hydrogen) atoms. The number of halogens is 1. The van der Waals surface area contributed by atoms with Crippen molar-refractivity contribution >= 4 is 10.9 Å². The molecule has 1 aliphatic rings. The van der Waals surface area contributed by atoms with Crippen molar-refractivity contribution in [3.63, 3.8) is 0 Å². The van der Waals surface area contributed by atoms with E-state index in [2.05, 4.69) is 11.8 Å². The van der Waals surface area contributed by atoms with Crippen LogP contribution in [0.15, 0.2) is 65.5 Å². The number of phenols is 1. The Morgan fingerprint density at radius 3 is 2.67 bits per heavy atom. The number of aromatic nitrogens is 2. The van der Waals surface area contributed by atoms with Crippen molar-refractivity contribution in [2.45, 2.75) is 26.3 Å². The molecule has 1 unspecified atom stereocenters. The van der Waals surface area contributed by atoms with E-state index in [0.29, 0.717) is 46.1 Å². The fourth-order valence-corrected chi connectivity index (χ4v) is 5.14. The minimum Gasteiger partial charge on any atom is -0.505 e. The van der Waals surface area contributed by atoms with Gasteiger partial charge in [-0.05, 0) is 79.4 Å². The van der Waals surface area contributed by atoms with Crippen molar-refractivity contribution in [2.24, 2.45) is 5.92 Å². The quantitative estimate of drug-likeness (QED) is 0.399. The summed E-state index contributed by atoms with van der Waals surface area (Å²) >= 11 is 0. The number of aromatic hydroxyl groups is 1. The number of piperidine rings is 1. The number of hydrogen-bond donors (Lipinski definition) is 1. The summed E-state index contributed by atoms with van der Waals surface area (Å²) in [6, 6.07) is 17.2. The second-order valence-corrected chi connectivity index (χ2v) is 9.35. The summed E-state index contributed by atoms with van der Waals surface area (Å²) in [5.74, 6) is 0.480. The smallest absolute Gasteiger partial charge is 0.261 e. The minimum atomic E-state index is -0.682. The third-order valence-corrected chi connectivity index (χ3v) is 7.07. The van der Waals surface area contributed by atoms with E-state index >= 15 is 0 Å². The number of fused-ring (bicyclic) bond motifs is 1. The number of methoxy groups -OCH3 is 1. The summed E-state index contributed by atoms with van der Waals surface area (Å²) in [7, 11) is 1.62. The van der Waals surface area contributed by atoms with Gasteiger partial charge >= 0.3 is 0 Å². The first-order valence-electron chi connectivity index (χ1n) is 12.4. The Morgan fingerprint density at radius 1 is 1.11 bits per heavy atom. The highest BCUT2D eigenvalue weighted by molar-refractivity contribution is 5.85. The van der Waals surface area contributed by atoms with Crippen LogP contribution in [0.25, 0.3) is 33.4 Å². The van der Waals surface area contributed by atoms with Crippen LogP contribution in [0.1, 0.15) is 19.8 Å². The second kappa shape index (κ2) is 10.1. The number of nitrogens with zero attached hydrogens (tertiary/aromatic N) is 3. The summed E-state index contributed by atoms with van der Waals surface area (Å²) in [5.41, 5.74) is 2.56. The molecule has 7 heteroatoms. The molecule has 3 aromatic carbocycles. The molecule has 0 amide bonds. The Balaban J connectivity index is 1.67. The minimum absolute atomic E-state index is 0.122. The van der Waals surface area contributed by atoms with Crippen molar-refractivity contribution in [3.05, 3.63) is 76.8 Å². The van der Waals surface area contributed by atoms with Gasteiger partial charge in [-0.1, -0.05) is 31.2 Å². The van der Waals surface area contributed by atoms with Gasteiger partial charge in [-0.2, -0.15) is 0 Å². The van der Waals surface area contributed by atoms with Crippen molar-refractivity contribution in [1.82, 2.24) is 14.5 Å². The molecule has 1 aromatic heterocycles. The van der Waals surface area contributed by atoms with Gasteiger partial charge in [-0.3, -0.25) is 9.36 Å². The summed E-state index contributed by atoms with van der Waals surface area (Å²) in [6.07, 6.45) is 2.16. The van der Waals surface area contributed by atoms with Gasteiger partial charge in [0.05, 0.1) is 23.6 Å². The highest BCUT2D eigenvalue weighted by Crippen LogP contribution is 2.32. The predicted octanol–water partition coefficient (Wildman–Crippen LogP) is 5.32. The van der Waals surface area contributed by atoms with E-state index in [1.807, 2.05) is 30.3 Å². The normalized spacial score (nSPS) is 16.4. The van der Waals surface area contributed by atoms with E-state index in [9.17, 15) is 14.3 Å². The third kappa shape index (κ3) is 4.58. The number of benzene rings is 3. The zero-order valence-electron chi connectivity index (χ0n) is 20.6. The summed E-state index contributed by atoms with van der Waals surface area (Å²) < 4.78 is 21.0. The summed E-state index contributed by atoms with van der Waals surface area (Å²) in [5, 5.41) is 10.3. The fourth-order valence-electron chi connectivity index (χ4n) is 5.14. The number of rotatable bonds is 6. The van der Waals surface area contributed by atoms with Gasteiger partial charge in [-0.25, -0.2) is 9.37 Å². The molecule has 0 aliphatic carbocycles. The van der Waals surface area contributed by atoms with Crippen LogP contribution in [0.3, 0.4) is 0 Å². The average Bonchev–Trinajstić information content (AvgIpc) is 2.91. The van der Waals surface area contributed by atoms with Gasteiger partial charge in [0.15, 0.2) is 11.6 Å². The van der Waals surface area contributed by atoms with E-state index in [4.69, 9.17) is 9.72 Å². The lowest BCUT2D eigenvalue weighted by molar-refractivity contribution is 0.169. The van der Waals surface area contributed by atoms with Gasteiger partial charge in [0, 0.05) is 13.1 Å². The Labute approximate surface area is 209 Å². The lowest BCUT2D eigenvalue weighted by atomic mass is 9.97. The average molecular weight is 488 g/mol. The zero-order valence-corrected chi connectivity index (χ0v) is 20.6. The Morgan fingerprint density at radius 2 is 1.89 bits per heavy atom. The molecule has 1 fully saturated rings. The largest absolute Gasteiger partial charge is 0.505 e. The van der Waals surface area contributed by atoms with Crippen molar-refractivity contribution in [1.29, 1.82) is 0 Å². The van der Waals surface area contributed by atoms with Crippen LogP contribution in [-0.2, 0) is 6.54 Å². The molecule has 0 radical (unpaired) electrons. The maximum atomic E-state index is 14.0. The van der Waals surface area contributed by atoms with Gasteiger partial charge in [0.25, 0.3) is 5.56 Å². The molecule has 1 N–H and O–H groups in total. The van der Waals surface area contributed by atoms with Crippen LogP contribution >= 0.6 is 0 Å². The first-order chi connectivity index (χ1) is 17.5. The fraction of sp³-hybridized carbons (Fsp3) is 0.310. The molecule has 0 spiro atoms. The van der Waals surface area contributed by atoms with Gasteiger partial charge in [-0.15, -0.1) is 0 Å². The third-order valence-electron chi connectivity index (χ3n) is 7.07. The van der Waals surface area contributed by atoms with Crippen molar-refractivity contribution < 1.29 is 14.2 Å². The Bertz CT molecular complexity index is 1470. The molecule has 6 nitrogen and oxygen atoms in total. The molecule has 1 aliphatic heterocycles. The summed E-state index contributed by atoms with van der Waals surface area (Å²) in [4.78, 5) is 21.4. The Hall–Kier alpha value is -3.71. The number of hydrogen-bond acceptors (Lipinski definition) is 5. The first-order valence-corrected chi connectivity index (χ1v) is 12.4.